The van der Waals surface area contributed by atoms with Crippen LogP contribution < -0.4 is 5.46 Å². The van der Waals surface area contributed by atoms with Gasteiger partial charge in [-0.05, 0) is 45.6 Å². The van der Waals surface area contributed by atoms with Gasteiger partial charge in [-0.15, -0.1) is 0 Å². The highest BCUT2D eigenvalue weighted by Crippen LogP contribution is 2.36. The van der Waals surface area contributed by atoms with Crippen LogP contribution in [0.5, 0.6) is 0 Å². The predicted octanol–water partition coefficient (Wildman–Crippen LogP) is 2.21. The topological polar surface area (TPSA) is 30.9 Å². The van der Waals surface area contributed by atoms with Crippen LogP contribution in [0.1, 0.15) is 40.2 Å². The standard InChI is InChI=1S/C18H28BNO3/c1-14-13-21-11-10-20(14)12-15-6-8-16(9-7-15)19-22-17(2,3)18(4,5)23-19/h6-9,14H,10-13H2,1-5H3. The second-order valence-electron chi connectivity index (χ2n) is 7.72. The zero-order valence-electron chi connectivity index (χ0n) is 15.0. The Kier molecular flexibility index (Phi) is 4.58. The van der Waals surface area contributed by atoms with Gasteiger partial charge in [0.05, 0.1) is 24.4 Å². The van der Waals surface area contributed by atoms with E-state index in [0.717, 1.165) is 31.8 Å². The molecule has 1 atom stereocenters. The maximum absolute atomic E-state index is 6.11. The van der Waals surface area contributed by atoms with E-state index in [9.17, 15) is 0 Å². The highest BCUT2D eigenvalue weighted by Gasteiger charge is 2.51. The third kappa shape index (κ3) is 3.48. The Hall–Kier alpha value is -0.875. The average Bonchev–Trinajstić information content (AvgIpc) is 2.71. The smallest absolute Gasteiger partial charge is 0.399 e. The van der Waals surface area contributed by atoms with Gasteiger partial charge < -0.3 is 14.0 Å². The third-order valence-corrected chi connectivity index (χ3v) is 5.40. The van der Waals surface area contributed by atoms with E-state index < -0.39 is 0 Å². The van der Waals surface area contributed by atoms with Crippen molar-refractivity contribution in [3.8, 4) is 0 Å². The van der Waals surface area contributed by atoms with Crippen LogP contribution in [-0.2, 0) is 20.6 Å². The minimum atomic E-state index is -0.292. The Morgan fingerprint density at radius 1 is 1.09 bits per heavy atom. The first-order valence-electron chi connectivity index (χ1n) is 8.55. The minimum absolute atomic E-state index is 0.281. The molecule has 126 valence electrons. The molecule has 5 heteroatoms. The summed E-state index contributed by atoms with van der Waals surface area (Å²) in [6.07, 6.45) is 0. The molecule has 2 fully saturated rings. The molecule has 0 saturated carbocycles. The molecule has 1 aromatic carbocycles. The first kappa shape index (κ1) is 17.0. The molecule has 2 aliphatic rings. The molecule has 0 bridgehead atoms. The van der Waals surface area contributed by atoms with Gasteiger partial charge in [-0.2, -0.15) is 0 Å². The first-order chi connectivity index (χ1) is 10.8. The second-order valence-corrected chi connectivity index (χ2v) is 7.72. The number of hydrogen-bond acceptors (Lipinski definition) is 4. The van der Waals surface area contributed by atoms with Gasteiger partial charge in [-0.3, -0.25) is 4.90 Å². The van der Waals surface area contributed by atoms with Gasteiger partial charge in [0.15, 0.2) is 0 Å². The van der Waals surface area contributed by atoms with Crippen molar-refractivity contribution in [3.05, 3.63) is 29.8 Å². The van der Waals surface area contributed by atoms with E-state index in [1.54, 1.807) is 0 Å². The number of hydrogen-bond donors (Lipinski definition) is 0. The largest absolute Gasteiger partial charge is 0.494 e. The Morgan fingerprint density at radius 3 is 2.26 bits per heavy atom. The van der Waals surface area contributed by atoms with Crippen molar-refractivity contribution in [3.63, 3.8) is 0 Å². The molecular weight excluding hydrogens is 289 g/mol. The number of morpholine rings is 1. The summed E-state index contributed by atoms with van der Waals surface area (Å²) in [4.78, 5) is 2.47. The molecule has 0 aliphatic carbocycles. The van der Waals surface area contributed by atoms with Gasteiger partial charge in [-0.25, -0.2) is 0 Å². The molecule has 0 spiro atoms. The fourth-order valence-electron chi connectivity index (χ4n) is 2.99. The van der Waals surface area contributed by atoms with E-state index in [4.69, 9.17) is 14.0 Å². The highest BCUT2D eigenvalue weighted by molar-refractivity contribution is 6.62. The van der Waals surface area contributed by atoms with Gasteiger partial charge in [0.2, 0.25) is 0 Å². The third-order valence-electron chi connectivity index (χ3n) is 5.40. The fourth-order valence-corrected chi connectivity index (χ4v) is 2.99. The molecule has 3 rings (SSSR count). The Bertz CT molecular complexity index is 528. The lowest BCUT2D eigenvalue weighted by atomic mass is 9.79. The van der Waals surface area contributed by atoms with Gasteiger partial charge in [-0.1, -0.05) is 24.3 Å². The van der Waals surface area contributed by atoms with Gasteiger partial charge >= 0.3 is 7.12 Å². The lowest BCUT2D eigenvalue weighted by Crippen LogP contribution is -2.43. The zero-order chi connectivity index (χ0) is 16.7. The number of ether oxygens (including phenoxy) is 1. The van der Waals surface area contributed by atoms with Crippen LogP contribution in [0, 0.1) is 0 Å². The molecule has 1 aromatic rings. The summed E-state index contributed by atoms with van der Waals surface area (Å²) >= 11 is 0. The van der Waals surface area contributed by atoms with Gasteiger partial charge in [0.1, 0.15) is 0 Å². The maximum Gasteiger partial charge on any atom is 0.494 e. The van der Waals surface area contributed by atoms with Crippen molar-refractivity contribution in [1.82, 2.24) is 4.90 Å². The average molecular weight is 317 g/mol. The second kappa shape index (κ2) is 6.21. The number of rotatable bonds is 3. The monoisotopic (exact) mass is 317 g/mol. The zero-order valence-corrected chi connectivity index (χ0v) is 15.0. The van der Waals surface area contributed by atoms with Gasteiger partial charge in [0.25, 0.3) is 0 Å². The lowest BCUT2D eigenvalue weighted by molar-refractivity contribution is -0.00436. The summed E-state index contributed by atoms with van der Waals surface area (Å²) < 4.78 is 17.7. The summed E-state index contributed by atoms with van der Waals surface area (Å²) in [6, 6.07) is 9.10. The van der Waals surface area contributed by atoms with Crippen LogP contribution >= 0.6 is 0 Å². The van der Waals surface area contributed by atoms with Crippen LogP contribution in [0.15, 0.2) is 24.3 Å². The SMILES string of the molecule is CC1COCCN1Cc1ccc(B2OC(C)(C)C(C)(C)O2)cc1. The lowest BCUT2D eigenvalue weighted by Gasteiger charge is -2.33. The maximum atomic E-state index is 6.11. The molecule has 4 nitrogen and oxygen atoms in total. The minimum Gasteiger partial charge on any atom is -0.399 e. The highest BCUT2D eigenvalue weighted by atomic mass is 16.7. The number of benzene rings is 1. The van der Waals surface area contributed by atoms with Crippen LogP contribution in [0.2, 0.25) is 0 Å². The van der Waals surface area contributed by atoms with Crippen molar-refractivity contribution in [2.24, 2.45) is 0 Å². The van der Waals surface area contributed by atoms with Crippen LogP contribution in [0.4, 0.5) is 0 Å². The Morgan fingerprint density at radius 2 is 1.70 bits per heavy atom. The normalized spacial score (nSPS) is 27.3. The molecular formula is C18H28BNO3. The van der Waals surface area contributed by atoms with E-state index in [-0.39, 0.29) is 18.3 Å². The molecule has 2 aliphatic heterocycles. The van der Waals surface area contributed by atoms with E-state index in [1.807, 2.05) is 0 Å². The molecule has 0 amide bonds. The quantitative estimate of drug-likeness (QED) is 0.800. The molecule has 0 N–H and O–H groups in total. The summed E-state index contributed by atoms with van der Waals surface area (Å²) in [6.45, 7) is 14.2. The molecule has 23 heavy (non-hydrogen) atoms. The summed E-state index contributed by atoms with van der Waals surface area (Å²) in [5, 5.41) is 0. The van der Waals surface area contributed by atoms with Crippen molar-refractivity contribution in [2.75, 3.05) is 19.8 Å². The summed E-state index contributed by atoms with van der Waals surface area (Å²) in [7, 11) is -0.281. The van der Waals surface area contributed by atoms with Crippen molar-refractivity contribution in [1.29, 1.82) is 0 Å². The molecule has 0 aromatic heterocycles. The number of nitrogens with zero attached hydrogens (tertiary/aromatic N) is 1. The molecule has 1 unspecified atom stereocenters. The molecule has 0 radical (unpaired) electrons. The van der Waals surface area contributed by atoms with E-state index in [2.05, 4.69) is 63.8 Å². The van der Waals surface area contributed by atoms with Crippen LogP contribution in [0.3, 0.4) is 0 Å². The van der Waals surface area contributed by atoms with Crippen molar-refractivity contribution >= 4 is 12.6 Å². The van der Waals surface area contributed by atoms with E-state index >= 15 is 0 Å². The van der Waals surface area contributed by atoms with Crippen LogP contribution in [-0.4, -0.2) is 49.0 Å². The summed E-state index contributed by atoms with van der Waals surface area (Å²) in [5.74, 6) is 0. The van der Waals surface area contributed by atoms with Crippen molar-refractivity contribution < 1.29 is 14.0 Å². The van der Waals surface area contributed by atoms with E-state index in [0.29, 0.717) is 6.04 Å². The van der Waals surface area contributed by atoms with E-state index in [1.165, 1.54) is 5.56 Å². The van der Waals surface area contributed by atoms with Crippen molar-refractivity contribution in [2.45, 2.75) is 58.4 Å². The van der Waals surface area contributed by atoms with Gasteiger partial charge in [0, 0.05) is 19.1 Å². The molecule has 2 heterocycles. The Balaban J connectivity index is 1.66. The Labute approximate surface area is 140 Å². The molecule has 2 saturated heterocycles. The summed E-state index contributed by atoms with van der Waals surface area (Å²) in [5.41, 5.74) is 1.82. The fraction of sp³-hybridized carbons (Fsp3) is 0.667. The van der Waals surface area contributed by atoms with Crippen LogP contribution in [0.25, 0.3) is 0 Å². The first-order valence-corrected chi connectivity index (χ1v) is 8.55. The predicted molar refractivity (Wildman–Crippen MR) is 92.8 cm³/mol.